The number of nitrogens with zero attached hydrogens (tertiary/aromatic N) is 3. The van der Waals surface area contributed by atoms with Crippen molar-refractivity contribution in [1.82, 2.24) is 10.2 Å². The lowest BCUT2D eigenvalue weighted by atomic mass is 9.96. The van der Waals surface area contributed by atoms with Crippen LogP contribution in [0.25, 0.3) is 0 Å². The molecule has 1 fully saturated rings. The Kier molecular flexibility index (Phi) is 4.24. The number of rotatable bonds is 3. The summed E-state index contributed by atoms with van der Waals surface area (Å²) in [6, 6.07) is 8.83. The molecule has 1 saturated heterocycles. The predicted molar refractivity (Wildman–Crippen MR) is 100 cm³/mol. The molecule has 0 aliphatic carbocycles. The maximum absolute atomic E-state index is 13.0. The van der Waals surface area contributed by atoms with E-state index in [9.17, 15) is 4.79 Å². The number of hydrogen-bond acceptors (Lipinski definition) is 3. The van der Waals surface area contributed by atoms with Crippen molar-refractivity contribution in [2.24, 2.45) is 0 Å². The van der Waals surface area contributed by atoms with Gasteiger partial charge in [0.1, 0.15) is 0 Å². The molecule has 2 aliphatic rings. The summed E-state index contributed by atoms with van der Waals surface area (Å²) in [6.45, 7) is 5.95. The van der Waals surface area contributed by atoms with E-state index in [0.717, 1.165) is 36.6 Å². The van der Waals surface area contributed by atoms with E-state index in [2.05, 4.69) is 33.3 Å². The van der Waals surface area contributed by atoms with Crippen molar-refractivity contribution in [2.75, 3.05) is 22.9 Å². The van der Waals surface area contributed by atoms with Crippen molar-refractivity contribution in [1.29, 1.82) is 0 Å². The molecule has 5 nitrogen and oxygen atoms in total. The number of fused-ring (bicyclic) bond motifs is 3. The molecule has 1 amide bonds. The second-order valence-electron chi connectivity index (χ2n) is 7.25. The van der Waals surface area contributed by atoms with Crippen molar-refractivity contribution >= 4 is 17.3 Å². The molecule has 1 unspecified atom stereocenters. The third kappa shape index (κ3) is 2.92. The lowest BCUT2D eigenvalue weighted by Crippen LogP contribution is -2.53. The number of aromatic amines is 1. The van der Waals surface area contributed by atoms with E-state index < -0.39 is 0 Å². The molecule has 4 rings (SSSR count). The minimum Gasteiger partial charge on any atom is -0.365 e. The molecule has 1 N–H and O–H groups in total. The average molecular weight is 338 g/mol. The molecule has 1 atom stereocenters. The number of carbonyl (C=O) groups is 1. The molecule has 2 aliphatic heterocycles. The second kappa shape index (κ2) is 6.54. The lowest BCUT2D eigenvalue weighted by Gasteiger charge is -2.46. The van der Waals surface area contributed by atoms with Crippen LogP contribution in [-0.2, 0) is 11.2 Å². The number of H-pyrrole nitrogens is 1. The number of piperidine rings is 1. The molecule has 25 heavy (non-hydrogen) atoms. The van der Waals surface area contributed by atoms with E-state index >= 15 is 0 Å². The van der Waals surface area contributed by atoms with Crippen molar-refractivity contribution in [2.45, 2.75) is 52.0 Å². The Balaban J connectivity index is 1.55. The monoisotopic (exact) mass is 338 g/mol. The van der Waals surface area contributed by atoms with Crippen LogP contribution < -0.4 is 9.80 Å². The molecule has 0 saturated carbocycles. The highest BCUT2D eigenvalue weighted by Gasteiger charge is 2.34. The Morgan fingerprint density at radius 2 is 2.04 bits per heavy atom. The zero-order valence-electron chi connectivity index (χ0n) is 15.1. The lowest BCUT2D eigenvalue weighted by molar-refractivity contribution is -0.118. The minimum atomic E-state index is 0.220. The first-order valence-corrected chi connectivity index (χ1v) is 9.31. The predicted octanol–water partition coefficient (Wildman–Crippen LogP) is 3.36. The van der Waals surface area contributed by atoms with E-state index in [1.54, 1.807) is 0 Å². The second-order valence-corrected chi connectivity index (χ2v) is 7.25. The van der Waals surface area contributed by atoms with Crippen LogP contribution in [0.4, 0.5) is 11.4 Å². The first-order valence-electron chi connectivity index (χ1n) is 9.31. The van der Waals surface area contributed by atoms with Crippen LogP contribution in [0.5, 0.6) is 0 Å². The van der Waals surface area contributed by atoms with Crippen LogP contribution in [0.2, 0.25) is 0 Å². The quantitative estimate of drug-likeness (QED) is 0.933. The Bertz CT molecular complexity index is 762. The molecule has 5 heteroatoms. The number of para-hydroxylation sites is 2. The highest BCUT2D eigenvalue weighted by atomic mass is 16.2. The molecule has 132 valence electrons. The zero-order valence-corrected chi connectivity index (χ0v) is 15.1. The number of aryl methyl sites for hydroxylation is 2. The fourth-order valence-corrected chi connectivity index (χ4v) is 4.30. The summed E-state index contributed by atoms with van der Waals surface area (Å²) in [7, 11) is 0. The third-order valence-electron chi connectivity index (χ3n) is 5.67. The summed E-state index contributed by atoms with van der Waals surface area (Å²) in [4.78, 5) is 17.6. The van der Waals surface area contributed by atoms with Gasteiger partial charge in [-0.15, -0.1) is 0 Å². The van der Waals surface area contributed by atoms with E-state index in [1.165, 1.54) is 30.5 Å². The number of hydrogen-bond donors (Lipinski definition) is 1. The van der Waals surface area contributed by atoms with Gasteiger partial charge in [0.15, 0.2) is 0 Å². The van der Waals surface area contributed by atoms with E-state index in [1.807, 2.05) is 24.8 Å². The first kappa shape index (κ1) is 16.2. The molecule has 3 heterocycles. The van der Waals surface area contributed by atoms with Gasteiger partial charge in [-0.05, 0) is 57.2 Å². The number of benzene rings is 1. The summed E-state index contributed by atoms with van der Waals surface area (Å²) in [6.07, 6.45) is 4.97. The van der Waals surface area contributed by atoms with Gasteiger partial charge >= 0.3 is 0 Å². The first-order chi connectivity index (χ1) is 12.1. The van der Waals surface area contributed by atoms with Crippen molar-refractivity contribution < 1.29 is 4.79 Å². The van der Waals surface area contributed by atoms with E-state index in [4.69, 9.17) is 0 Å². The summed E-state index contributed by atoms with van der Waals surface area (Å²) in [5.74, 6) is 0.220. The average Bonchev–Trinajstić information content (AvgIpc) is 2.97. The van der Waals surface area contributed by atoms with E-state index in [0.29, 0.717) is 12.5 Å². The smallest absolute Gasteiger partial charge is 0.227 e. The maximum atomic E-state index is 13.0. The van der Waals surface area contributed by atoms with Gasteiger partial charge in [-0.25, -0.2) is 0 Å². The van der Waals surface area contributed by atoms with Gasteiger partial charge in [0.05, 0.1) is 17.1 Å². The number of amides is 1. The molecule has 0 bridgehead atoms. The molecule has 0 radical (unpaired) electrons. The van der Waals surface area contributed by atoms with E-state index in [-0.39, 0.29) is 5.91 Å². The Labute approximate surface area is 149 Å². The Morgan fingerprint density at radius 3 is 2.80 bits per heavy atom. The van der Waals surface area contributed by atoms with Gasteiger partial charge in [0.2, 0.25) is 5.91 Å². The van der Waals surface area contributed by atoms with Crippen LogP contribution in [0.1, 0.15) is 42.6 Å². The van der Waals surface area contributed by atoms with Crippen LogP contribution in [0.15, 0.2) is 24.3 Å². The van der Waals surface area contributed by atoms with Gasteiger partial charge in [-0.1, -0.05) is 12.1 Å². The summed E-state index contributed by atoms with van der Waals surface area (Å²) >= 11 is 0. The van der Waals surface area contributed by atoms with Gasteiger partial charge in [0, 0.05) is 31.2 Å². The Morgan fingerprint density at radius 1 is 1.24 bits per heavy atom. The third-order valence-corrected chi connectivity index (χ3v) is 5.67. The zero-order chi connectivity index (χ0) is 17.4. The summed E-state index contributed by atoms with van der Waals surface area (Å²) in [5.41, 5.74) is 5.55. The SMILES string of the molecule is Cc1n[nH]c(C)c1CCC(=O)N1CC2CCCCN2c2ccccc21. The van der Waals surface area contributed by atoms with Crippen molar-refractivity contribution in [3.05, 3.63) is 41.2 Å². The normalized spacial score (nSPS) is 19.5. The fourth-order valence-electron chi connectivity index (χ4n) is 4.30. The van der Waals surface area contributed by atoms with Crippen LogP contribution >= 0.6 is 0 Å². The molecular weight excluding hydrogens is 312 g/mol. The molecular formula is C20H26N4O. The van der Waals surface area contributed by atoms with Gasteiger partial charge in [0.25, 0.3) is 0 Å². The summed E-state index contributed by atoms with van der Waals surface area (Å²) in [5, 5.41) is 7.25. The maximum Gasteiger partial charge on any atom is 0.227 e. The van der Waals surface area contributed by atoms with Gasteiger partial charge in [-0.3, -0.25) is 9.89 Å². The number of anilines is 2. The molecule has 2 aromatic rings. The standard InChI is InChI=1S/C20H26N4O/c1-14-17(15(2)22-21-14)10-11-20(25)24-13-16-7-5-6-12-23(16)18-8-3-4-9-19(18)24/h3-4,8-9,16H,5-7,10-13H2,1-2H3,(H,21,22). The number of carbonyl (C=O) groups excluding carboxylic acids is 1. The molecule has 1 aromatic carbocycles. The van der Waals surface area contributed by atoms with Crippen molar-refractivity contribution in [3.8, 4) is 0 Å². The van der Waals surface area contributed by atoms with Gasteiger partial charge in [-0.2, -0.15) is 5.10 Å². The topological polar surface area (TPSA) is 52.2 Å². The molecule has 0 spiro atoms. The van der Waals surface area contributed by atoms with Gasteiger partial charge < -0.3 is 9.80 Å². The Hall–Kier alpha value is -2.30. The number of nitrogens with one attached hydrogen (secondary N) is 1. The summed E-state index contributed by atoms with van der Waals surface area (Å²) < 4.78 is 0. The van der Waals surface area contributed by atoms with Crippen LogP contribution in [-0.4, -0.2) is 35.2 Å². The highest BCUT2D eigenvalue weighted by molar-refractivity contribution is 5.98. The van der Waals surface area contributed by atoms with Crippen LogP contribution in [0.3, 0.4) is 0 Å². The largest absolute Gasteiger partial charge is 0.365 e. The van der Waals surface area contributed by atoms with Crippen LogP contribution in [0, 0.1) is 13.8 Å². The number of aromatic nitrogens is 2. The minimum absolute atomic E-state index is 0.220. The highest BCUT2D eigenvalue weighted by Crippen LogP contribution is 2.38. The van der Waals surface area contributed by atoms with Crippen molar-refractivity contribution in [3.63, 3.8) is 0 Å². The molecule has 1 aromatic heterocycles. The fraction of sp³-hybridized carbons (Fsp3) is 0.500.